The van der Waals surface area contributed by atoms with Crippen LogP contribution in [0.2, 0.25) is 0 Å². The van der Waals surface area contributed by atoms with Gasteiger partial charge < -0.3 is 15.2 Å². The van der Waals surface area contributed by atoms with Crippen LogP contribution in [0.4, 0.5) is 4.39 Å². The molecule has 2 aromatic rings. The fraction of sp³-hybridized carbons (Fsp3) is 0.214. The largest absolute Gasteiger partial charge is 0.497 e. The maximum Gasteiger partial charge on any atom is 0.141 e. The average Bonchev–Trinajstić information content (AvgIpc) is 2.46. The molecule has 4 nitrogen and oxygen atoms in total. The summed E-state index contributed by atoms with van der Waals surface area (Å²) >= 11 is 0. The van der Waals surface area contributed by atoms with Gasteiger partial charge in [-0.05, 0) is 30.3 Å². The Morgan fingerprint density at radius 1 is 1.16 bits per heavy atom. The molecule has 0 saturated carbocycles. The van der Waals surface area contributed by atoms with Gasteiger partial charge in [0.15, 0.2) is 0 Å². The highest BCUT2D eigenvalue weighted by Gasteiger charge is 2.16. The molecule has 0 fully saturated rings. The Labute approximate surface area is 111 Å². The molecule has 1 unspecified atom stereocenters. The van der Waals surface area contributed by atoms with E-state index in [2.05, 4.69) is 4.98 Å². The van der Waals surface area contributed by atoms with Gasteiger partial charge in [0.25, 0.3) is 0 Å². The van der Waals surface area contributed by atoms with Crippen LogP contribution in [0.3, 0.4) is 0 Å². The van der Waals surface area contributed by atoms with Gasteiger partial charge in [0, 0.05) is 5.56 Å². The normalized spacial score (nSPS) is 12.0. The molecule has 0 spiro atoms. The first-order chi connectivity index (χ1) is 9.15. The second kappa shape index (κ2) is 5.67. The molecule has 1 aromatic carbocycles. The van der Waals surface area contributed by atoms with Crippen LogP contribution >= 0.6 is 0 Å². The average molecular weight is 262 g/mol. The topological polar surface area (TPSA) is 57.4 Å². The van der Waals surface area contributed by atoms with Crippen molar-refractivity contribution in [1.82, 2.24) is 4.98 Å². The lowest BCUT2D eigenvalue weighted by molar-refractivity contribution is 0.397. The molecule has 0 radical (unpaired) electrons. The molecular weight excluding hydrogens is 247 g/mol. The smallest absolute Gasteiger partial charge is 0.141 e. The Bertz CT molecular complexity index is 558. The van der Waals surface area contributed by atoms with Crippen molar-refractivity contribution in [2.24, 2.45) is 5.73 Å². The van der Waals surface area contributed by atoms with E-state index in [1.54, 1.807) is 38.5 Å². The molecule has 5 heteroatoms. The number of pyridine rings is 1. The van der Waals surface area contributed by atoms with Crippen LogP contribution in [-0.2, 0) is 0 Å². The highest BCUT2D eigenvalue weighted by Crippen LogP contribution is 2.30. The molecule has 0 aliphatic rings. The second-order valence-corrected chi connectivity index (χ2v) is 3.99. The number of benzene rings is 1. The van der Waals surface area contributed by atoms with E-state index in [0.29, 0.717) is 17.2 Å². The molecule has 2 rings (SSSR count). The van der Waals surface area contributed by atoms with Crippen LogP contribution < -0.4 is 15.2 Å². The number of hydrogen-bond acceptors (Lipinski definition) is 4. The van der Waals surface area contributed by atoms with Crippen LogP contribution in [0.25, 0.3) is 0 Å². The van der Waals surface area contributed by atoms with E-state index < -0.39 is 11.9 Å². The summed E-state index contributed by atoms with van der Waals surface area (Å²) in [5.74, 6) is 0.918. The Morgan fingerprint density at radius 2 is 1.95 bits per heavy atom. The zero-order valence-corrected chi connectivity index (χ0v) is 10.8. The third-order valence-electron chi connectivity index (χ3n) is 2.84. The number of nitrogens with two attached hydrogens (primary N) is 1. The van der Waals surface area contributed by atoms with Crippen LogP contribution in [0.5, 0.6) is 11.5 Å². The Balaban J connectivity index is 2.41. The van der Waals surface area contributed by atoms with Gasteiger partial charge in [-0.1, -0.05) is 0 Å². The molecule has 0 bridgehead atoms. The predicted octanol–water partition coefficient (Wildman–Crippen LogP) is 2.29. The maximum atomic E-state index is 12.9. The van der Waals surface area contributed by atoms with Gasteiger partial charge >= 0.3 is 0 Å². The molecule has 1 heterocycles. The lowest BCUT2D eigenvalue weighted by Crippen LogP contribution is -2.14. The van der Waals surface area contributed by atoms with E-state index in [-0.39, 0.29) is 0 Å². The van der Waals surface area contributed by atoms with Crippen molar-refractivity contribution in [3.63, 3.8) is 0 Å². The molecule has 0 aliphatic heterocycles. The maximum absolute atomic E-state index is 12.9. The first kappa shape index (κ1) is 13.3. The van der Waals surface area contributed by atoms with E-state index in [9.17, 15) is 4.39 Å². The summed E-state index contributed by atoms with van der Waals surface area (Å²) in [6.45, 7) is 0. The van der Waals surface area contributed by atoms with Crippen molar-refractivity contribution in [2.75, 3.05) is 14.2 Å². The monoisotopic (exact) mass is 262 g/mol. The Morgan fingerprint density at radius 3 is 2.53 bits per heavy atom. The highest BCUT2D eigenvalue weighted by molar-refractivity contribution is 5.44. The number of rotatable bonds is 4. The molecule has 2 N–H and O–H groups in total. The zero-order chi connectivity index (χ0) is 13.8. The summed E-state index contributed by atoms with van der Waals surface area (Å²) < 4.78 is 23.3. The number of halogens is 1. The molecule has 0 amide bonds. The second-order valence-electron chi connectivity index (χ2n) is 3.99. The minimum atomic E-state index is -0.509. The Kier molecular flexibility index (Phi) is 3.97. The quantitative estimate of drug-likeness (QED) is 0.918. The number of hydrogen-bond donors (Lipinski definition) is 1. The predicted molar refractivity (Wildman–Crippen MR) is 69.8 cm³/mol. The minimum absolute atomic E-state index is 0.395. The molecule has 1 aromatic heterocycles. The standard InChI is InChI=1S/C14H15FN2O2/c1-18-10-4-6-13(19-2)11(7-10)14(16)12-5-3-9(15)8-17-12/h3-8,14H,16H2,1-2H3. The summed E-state index contributed by atoms with van der Waals surface area (Å²) in [6.07, 6.45) is 1.14. The van der Waals surface area contributed by atoms with Crippen molar-refractivity contribution in [3.05, 3.63) is 53.6 Å². The van der Waals surface area contributed by atoms with E-state index in [0.717, 1.165) is 11.8 Å². The van der Waals surface area contributed by atoms with Crippen LogP contribution in [0, 0.1) is 5.82 Å². The summed E-state index contributed by atoms with van der Waals surface area (Å²) in [4.78, 5) is 3.99. The number of aromatic nitrogens is 1. The molecule has 1 atom stereocenters. The lowest BCUT2D eigenvalue weighted by atomic mass is 10.0. The summed E-state index contributed by atoms with van der Waals surface area (Å²) in [5, 5.41) is 0. The van der Waals surface area contributed by atoms with Gasteiger partial charge in [-0.25, -0.2) is 4.39 Å². The third-order valence-corrected chi connectivity index (χ3v) is 2.84. The van der Waals surface area contributed by atoms with Crippen molar-refractivity contribution in [2.45, 2.75) is 6.04 Å². The molecular formula is C14H15FN2O2. The first-order valence-corrected chi connectivity index (χ1v) is 5.74. The van der Waals surface area contributed by atoms with Crippen molar-refractivity contribution in [3.8, 4) is 11.5 Å². The molecule has 0 saturated heterocycles. The van der Waals surface area contributed by atoms with Crippen molar-refractivity contribution in [1.29, 1.82) is 0 Å². The van der Waals surface area contributed by atoms with Gasteiger partial charge in [-0.15, -0.1) is 0 Å². The summed E-state index contributed by atoms with van der Waals surface area (Å²) in [7, 11) is 3.14. The van der Waals surface area contributed by atoms with Crippen LogP contribution in [0.15, 0.2) is 36.5 Å². The SMILES string of the molecule is COc1ccc(OC)c(C(N)c2ccc(F)cn2)c1. The number of nitrogens with zero attached hydrogens (tertiary/aromatic N) is 1. The third kappa shape index (κ3) is 2.82. The van der Waals surface area contributed by atoms with Gasteiger partial charge in [0.2, 0.25) is 0 Å². The zero-order valence-electron chi connectivity index (χ0n) is 10.8. The van der Waals surface area contributed by atoms with Crippen LogP contribution in [-0.4, -0.2) is 19.2 Å². The fourth-order valence-electron chi connectivity index (χ4n) is 1.81. The molecule has 19 heavy (non-hydrogen) atoms. The fourth-order valence-corrected chi connectivity index (χ4v) is 1.81. The summed E-state index contributed by atoms with van der Waals surface area (Å²) in [5.41, 5.74) is 7.45. The van der Waals surface area contributed by atoms with E-state index in [1.165, 1.54) is 6.07 Å². The molecule has 100 valence electrons. The number of ether oxygens (including phenoxy) is 2. The van der Waals surface area contributed by atoms with Gasteiger partial charge in [-0.2, -0.15) is 0 Å². The first-order valence-electron chi connectivity index (χ1n) is 5.74. The Hall–Kier alpha value is -2.14. The van der Waals surface area contributed by atoms with E-state index in [4.69, 9.17) is 15.2 Å². The van der Waals surface area contributed by atoms with E-state index in [1.807, 2.05) is 0 Å². The van der Waals surface area contributed by atoms with Gasteiger partial charge in [-0.3, -0.25) is 4.98 Å². The van der Waals surface area contributed by atoms with Crippen molar-refractivity contribution < 1.29 is 13.9 Å². The molecule has 0 aliphatic carbocycles. The highest BCUT2D eigenvalue weighted by atomic mass is 19.1. The summed E-state index contributed by atoms with van der Waals surface area (Å²) in [6, 6.07) is 7.72. The van der Waals surface area contributed by atoms with Crippen LogP contribution in [0.1, 0.15) is 17.3 Å². The van der Waals surface area contributed by atoms with Crippen molar-refractivity contribution >= 4 is 0 Å². The minimum Gasteiger partial charge on any atom is -0.497 e. The lowest BCUT2D eigenvalue weighted by Gasteiger charge is -2.16. The van der Waals surface area contributed by atoms with E-state index >= 15 is 0 Å². The number of methoxy groups -OCH3 is 2. The van der Waals surface area contributed by atoms with Gasteiger partial charge in [0.1, 0.15) is 17.3 Å². The van der Waals surface area contributed by atoms with Gasteiger partial charge in [0.05, 0.1) is 32.2 Å².